The molecule has 0 saturated carbocycles. The van der Waals surface area contributed by atoms with Gasteiger partial charge in [-0.2, -0.15) is 10.4 Å². The number of ether oxygens (including phenoxy) is 2. The van der Waals surface area contributed by atoms with E-state index in [-0.39, 0.29) is 5.82 Å². The SMILES string of the molecule is CCC(C)(C)C(=O)OC[C@@]1(C#N)O[C@@H](c2ccc3c(N)ncnn23)[C@H](O)[C@@H]1O. The first-order chi connectivity index (χ1) is 13.2. The Labute approximate surface area is 161 Å². The van der Waals surface area contributed by atoms with E-state index in [2.05, 4.69) is 10.1 Å². The monoisotopic (exact) mass is 389 g/mol. The Morgan fingerprint density at radius 1 is 1.50 bits per heavy atom. The first-order valence-electron chi connectivity index (χ1n) is 8.87. The lowest BCUT2D eigenvalue weighted by atomic mass is 9.90. The Balaban J connectivity index is 1.88. The van der Waals surface area contributed by atoms with Gasteiger partial charge in [0, 0.05) is 0 Å². The number of hydrogen-bond acceptors (Lipinski definition) is 9. The fraction of sp³-hybridized carbons (Fsp3) is 0.556. The summed E-state index contributed by atoms with van der Waals surface area (Å²) in [4.78, 5) is 16.1. The standard InChI is InChI=1S/C18H23N5O5/c1-4-17(2,3)16(26)27-8-18(7-19)14(25)12(24)13(28-18)10-5-6-11-15(20)21-9-22-23(10)11/h5-6,9,12-14,24-25H,4,8H2,1-3H3,(H2,20,21,22)/t12-,13-,14-,18+/m0/s1. The number of carbonyl (C=O) groups excluding carboxylic acids is 1. The molecular formula is C18H23N5O5. The molecule has 1 fully saturated rings. The normalized spacial score (nSPS) is 27.6. The number of aromatic nitrogens is 3. The minimum absolute atomic E-state index is 0.233. The number of aliphatic hydroxyl groups is 2. The van der Waals surface area contributed by atoms with Crippen molar-refractivity contribution in [2.45, 2.75) is 51.1 Å². The third-order valence-electron chi connectivity index (χ3n) is 5.29. The lowest BCUT2D eigenvalue weighted by Crippen LogP contribution is -2.47. The van der Waals surface area contributed by atoms with Crippen molar-refractivity contribution in [2.24, 2.45) is 5.41 Å². The topological polar surface area (TPSA) is 156 Å². The maximum atomic E-state index is 12.3. The molecule has 0 unspecified atom stereocenters. The van der Waals surface area contributed by atoms with Crippen LogP contribution < -0.4 is 5.73 Å². The van der Waals surface area contributed by atoms with Gasteiger partial charge in [-0.3, -0.25) is 4.79 Å². The highest BCUT2D eigenvalue weighted by Crippen LogP contribution is 2.41. The van der Waals surface area contributed by atoms with Crippen LogP contribution in [-0.4, -0.2) is 55.2 Å². The van der Waals surface area contributed by atoms with Gasteiger partial charge in [-0.15, -0.1) is 0 Å². The highest BCUT2D eigenvalue weighted by Gasteiger charge is 2.57. The zero-order valence-electron chi connectivity index (χ0n) is 15.9. The molecule has 1 saturated heterocycles. The Hall–Kier alpha value is -2.74. The maximum Gasteiger partial charge on any atom is 0.311 e. The van der Waals surface area contributed by atoms with E-state index in [4.69, 9.17) is 15.2 Å². The summed E-state index contributed by atoms with van der Waals surface area (Å²) >= 11 is 0. The highest BCUT2D eigenvalue weighted by atomic mass is 16.6. The molecule has 4 atom stereocenters. The molecule has 0 bridgehead atoms. The lowest BCUT2D eigenvalue weighted by Gasteiger charge is -2.27. The third-order valence-corrected chi connectivity index (χ3v) is 5.29. The van der Waals surface area contributed by atoms with Gasteiger partial charge in [-0.05, 0) is 32.4 Å². The number of hydrogen-bond donors (Lipinski definition) is 3. The van der Waals surface area contributed by atoms with Gasteiger partial charge < -0.3 is 25.4 Å². The van der Waals surface area contributed by atoms with Gasteiger partial charge in [-0.1, -0.05) is 6.92 Å². The number of rotatable bonds is 5. The molecule has 0 spiro atoms. The number of nitriles is 1. The molecule has 10 heteroatoms. The fourth-order valence-electron chi connectivity index (χ4n) is 2.99. The van der Waals surface area contributed by atoms with Crippen molar-refractivity contribution in [2.75, 3.05) is 12.3 Å². The molecule has 3 rings (SSSR count). The van der Waals surface area contributed by atoms with Gasteiger partial charge in [0.2, 0.25) is 5.60 Å². The molecule has 1 aliphatic heterocycles. The molecule has 10 nitrogen and oxygen atoms in total. The summed E-state index contributed by atoms with van der Waals surface area (Å²) in [5.41, 5.74) is 4.03. The van der Waals surface area contributed by atoms with Crippen LogP contribution in [0.4, 0.5) is 5.82 Å². The van der Waals surface area contributed by atoms with Crippen molar-refractivity contribution in [1.29, 1.82) is 5.26 Å². The molecular weight excluding hydrogens is 366 g/mol. The van der Waals surface area contributed by atoms with Crippen molar-refractivity contribution in [1.82, 2.24) is 14.6 Å². The van der Waals surface area contributed by atoms with Gasteiger partial charge >= 0.3 is 5.97 Å². The van der Waals surface area contributed by atoms with Crippen LogP contribution >= 0.6 is 0 Å². The fourth-order valence-corrected chi connectivity index (χ4v) is 2.99. The van der Waals surface area contributed by atoms with E-state index in [0.29, 0.717) is 17.6 Å². The molecule has 1 aliphatic rings. The highest BCUT2D eigenvalue weighted by molar-refractivity contribution is 5.75. The maximum absolute atomic E-state index is 12.3. The van der Waals surface area contributed by atoms with Crippen LogP contribution in [0.15, 0.2) is 18.5 Å². The predicted octanol–water partition coefficient (Wildman–Crippen LogP) is 0.346. The number of nitrogen functional groups attached to an aromatic ring is 1. The predicted molar refractivity (Wildman–Crippen MR) is 96.6 cm³/mol. The largest absolute Gasteiger partial charge is 0.461 e. The van der Waals surface area contributed by atoms with E-state index in [9.17, 15) is 20.3 Å². The zero-order chi connectivity index (χ0) is 20.7. The zero-order valence-corrected chi connectivity index (χ0v) is 15.9. The summed E-state index contributed by atoms with van der Waals surface area (Å²) < 4.78 is 12.4. The van der Waals surface area contributed by atoms with Gasteiger partial charge in [0.05, 0.1) is 11.1 Å². The first-order valence-corrected chi connectivity index (χ1v) is 8.87. The Kier molecular flexibility index (Phi) is 5.01. The molecule has 4 N–H and O–H groups in total. The number of anilines is 1. The second-order valence-electron chi connectivity index (χ2n) is 7.49. The smallest absolute Gasteiger partial charge is 0.311 e. The molecule has 0 amide bonds. The van der Waals surface area contributed by atoms with Crippen LogP contribution in [0.2, 0.25) is 0 Å². The summed E-state index contributed by atoms with van der Waals surface area (Å²) in [7, 11) is 0. The number of nitrogens with two attached hydrogens (primary N) is 1. The first kappa shape index (κ1) is 20.0. The number of fused-ring (bicyclic) bond motifs is 1. The summed E-state index contributed by atoms with van der Waals surface area (Å²) in [5, 5.41) is 34.8. The lowest BCUT2D eigenvalue weighted by molar-refractivity contribution is -0.164. The van der Waals surface area contributed by atoms with E-state index in [1.807, 2.05) is 13.0 Å². The van der Waals surface area contributed by atoms with Crippen molar-refractivity contribution in [3.8, 4) is 6.07 Å². The van der Waals surface area contributed by atoms with Crippen LogP contribution in [-0.2, 0) is 14.3 Å². The van der Waals surface area contributed by atoms with Crippen LogP contribution in [0.25, 0.3) is 5.52 Å². The van der Waals surface area contributed by atoms with Crippen molar-refractivity contribution < 1.29 is 24.5 Å². The number of esters is 1. The van der Waals surface area contributed by atoms with Crippen LogP contribution in [0.1, 0.15) is 39.0 Å². The van der Waals surface area contributed by atoms with Crippen LogP contribution in [0, 0.1) is 16.7 Å². The van der Waals surface area contributed by atoms with E-state index in [1.165, 1.54) is 10.8 Å². The number of nitrogens with zero attached hydrogens (tertiary/aromatic N) is 4. The molecule has 28 heavy (non-hydrogen) atoms. The van der Waals surface area contributed by atoms with Gasteiger partial charge in [0.25, 0.3) is 0 Å². The number of carbonyl (C=O) groups is 1. The summed E-state index contributed by atoms with van der Waals surface area (Å²) in [6, 6.07) is 5.11. The second-order valence-corrected chi connectivity index (χ2v) is 7.49. The van der Waals surface area contributed by atoms with E-state index < -0.39 is 41.9 Å². The minimum atomic E-state index is -1.91. The van der Waals surface area contributed by atoms with Gasteiger partial charge in [0.1, 0.15) is 42.8 Å². The van der Waals surface area contributed by atoms with E-state index in [0.717, 1.165) is 0 Å². The molecule has 0 aliphatic carbocycles. The van der Waals surface area contributed by atoms with Crippen molar-refractivity contribution in [3.63, 3.8) is 0 Å². The Morgan fingerprint density at radius 2 is 2.21 bits per heavy atom. The molecule has 0 radical (unpaired) electrons. The molecule has 2 aromatic rings. The Bertz CT molecular complexity index is 936. The average molecular weight is 389 g/mol. The van der Waals surface area contributed by atoms with Crippen molar-refractivity contribution in [3.05, 3.63) is 24.2 Å². The molecule has 2 aromatic heterocycles. The van der Waals surface area contributed by atoms with E-state index in [1.54, 1.807) is 26.0 Å². The number of aliphatic hydroxyl groups excluding tert-OH is 2. The van der Waals surface area contributed by atoms with Gasteiger partial charge in [-0.25, -0.2) is 9.50 Å². The minimum Gasteiger partial charge on any atom is -0.461 e. The van der Waals surface area contributed by atoms with Gasteiger partial charge in [0.15, 0.2) is 5.82 Å². The second kappa shape index (κ2) is 7.01. The van der Waals surface area contributed by atoms with E-state index >= 15 is 0 Å². The summed E-state index contributed by atoms with van der Waals surface area (Å²) in [5.74, 6) is -0.288. The van der Waals surface area contributed by atoms with Crippen LogP contribution in [0.5, 0.6) is 0 Å². The quantitative estimate of drug-likeness (QED) is 0.614. The molecule has 150 valence electrons. The summed E-state index contributed by atoms with van der Waals surface area (Å²) in [6.07, 6.45) is -2.33. The van der Waals surface area contributed by atoms with Crippen LogP contribution in [0.3, 0.4) is 0 Å². The van der Waals surface area contributed by atoms with Crippen molar-refractivity contribution >= 4 is 17.3 Å². The third kappa shape index (κ3) is 3.07. The molecule has 0 aromatic carbocycles. The summed E-state index contributed by atoms with van der Waals surface area (Å²) in [6.45, 7) is 4.76. The molecule has 3 heterocycles. The average Bonchev–Trinajstić information content (AvgIpc) is 3.21. The Morgan fingerprint density at radius 3 is 2.86 bits per heavy atom.